The molecule has 0 bridgehead atoms. The van der Waals surface area contributed by atoms with Gasteiger partial charge in [-0.1, -0.05) is 18.9 Å². The van der Waals surface area contributed by atoms with Crippen LogP contribution in [0.25, 0.3) is 0 Å². The van der Waals surface area contributed by atoms with Gasteiger partial charge in [0.2, 0.25) is 0 Å². The lowest BCUT2D eigenvalue weighted by atomic mass is 9.64. The van der Waals surface area contributed by atoms with Gasteiger partial charge < -0.3 is 4.74 Å². The number of hydrogen-bond acceptors (Lipinski definition) is 1. The molecule has 3 aliphatic rings. The van der Waals surface area contributed by atoms with E-state index in [2.05, 4.69) is 6.58 Å². The Morgan fingerprint density at radius 2 is 2.31 bits per heavy atom. The molecule has 0 aromatic rings. The topological polar surface area (TPSA) is 9.23 Å². The van der Waals surface area contributed by atoms with Crippen LogP contribution in [0.5, 0.6) is 0 Å². The monoisotopic (exact) mass is 222 g/mol. The van der Waals surface area contributed by atoms with E-state index in [9.17, 15) is 4.39 Å². The molecule has 1 spiro atoms. The Balaban J connectivity index is 1.97. The first kappa shape index (κ1) is 10.4. The molecule has 88 valence electrons. The Bertz CT molecular complexity index is 347. The van der Waals surface area contributed by atoms with E-state index in [1.165, 1.54) is 19.3 Å². The second-order valence-corrected chi connectivity index (χ2v) is 5.42. The molecule has 1 saturated carbocycles. The molecule has 0 amide bonds. The predicted molar refractivity (Wildman–Crippen MR) is 61.4 cm³/mol. The molecule has 2 aliphatic carbocycles. The van der Waals surface area contributed by atoms with Gasteiger partial charge in [-0.05, 0) is 19.3 Å². The van der Waals surface area contributed by atoms with Crippen molar-refractivity contribution in [1.82, 2.24) is 0 Å². The van der Waals surface area contributed by atoms with Gasteiger partial charge in [-0.2, -0.15) is 0 Å². The molecule has 3 rings (SSSR count). The molecule has 2 heteroatoms. The van der Waals surface area contributed by atoms with E-state index in [1.807, 2.05) is 6.08 Å². The van der Waals surface area contributed by atoms with E-state index in [-0.39, 0.29) is 17.3 Å². The van der Waals surface area contributed by atoms with Crippen LogP contribution in [0.4, 0.5) is 4.39 Å². The van der Waals surface area contributed by atoms with E-state index >= 15 is 0 Å². The van der Waals surface area contributed by atoms with Crippen LogP contribution in [0.2, 0.25) is 0 Å². The molecule has 16 heavy (non-hydrogen) atoms. The molecule has 0 N–H and O–H groups in total. The van der Waals surface area contributed by atoms with Gasteiger partial charge in [-0.25, -0.2) is 4.39 Å². The second-order valence-electron chi connectivity index (χ2n) is 5.42. The highest BCUT2D eigenvalue weighted by molar-refractivity contribution is 5.26. The number of halogens is 1. The van der Waals surface area contributed by atoms with Crippen LogP contribution in [-0.2, 0) is 4.74 Å². The summed E-state index contributed by atoms with van der Waals surface area (Å²) >= 11 is 0. The summed E-state index contributed by atoms with van der Waals surface area (Å²) in [4.78, 5) is 0. The summed E-state index contributed by atoms with van der Waals surface area (Å²) in [6.45, 7) is 3.78. The maximum atomic E-state index is 13.8. The number of allylic oxidation sites excluding steroid dienone is 2. The molecule has 3 unspecified atom stereocenters. The Morgan fingerprint density at radius 1 is 1.44 bits per heavy atom. The summed E-state index contributed by atoms with van der Waals surface area (Å²) in [6.07, 6.45) is 9.40. The maximum Gasteiger partial charge on any atom is 0.138 e. The van der Waals surface area contributed by atoms with Crippen LogP contribution in [0.3, 0.4) is 0 Å². The summed E-state index contributed by atoms with van der Waals surface area (Å²) in [5.74, 6) is 1.30. The summed E-state index contributed by atoms with van der Waals surface area (Å²) in [5, 5.41) is 0. The van der Waals surface area contributed by atoms with Crippen LogP contribution in [0.15, 0.2) is 24.2 Å². The Hall–Kier alpha value is -0.790. The third kappa shape index (κ3) is 1.22. The van der Waals surface area contributed by atoms with Crippen LogP contribution in [-0.4, -0.2) is 6.10 Å². The molecule has 0 aromatic carbocycles. The highest BCUT2D eigenvalue weighted by Gasteiger charge is 2.57. The van der Waals surface area contributed by atoms with Crippen LogP contribution < -0.4 is 0 Å². The van der Waals surface area contributed by atoms with Crippen LogP contribution in [0.1, 0.15) is 44.9 Å². The van der Waals surface area contributed by atoms with E-state index in [4.69, 9.17) is 4.74 Å². The van der Waals surface area contributed by atoms with Gasteiger partial charge in [-0.15, -0.1) is 6.58 Å². The zero-order valence-electron chi connectivity index (χ0n) is 9.68. The lowest BCUT2D eigenvalue weighted by Gasteiger charge is -2.36. The number of ether oxygens (including phenoxy) is 1. The summed E-state index contributed by atoms with van der Waals surface area (Å²) < 4.78 is 19.7. The van der Waals surface area contributed by atoms with E-state index in [0.717, 1.165) is 25.0 Å². The molecular formula is C14H19FO. The standard InChI is InChI=1S/C14H19FO/c1-2-5-12-10-6-3-4-8-14(10)9-7-11(15)13(14)16-12/h2,10,12H,1,3-9H2. The molecule has 2 fully saturated rings. The summed E-state index contributed by atoms with van der Waals surface area (Å²) in [6, 6.07) is 0. The van der Waals surface area contributed by atoms with Crippen molar-refractivity contribution in [3.8, 4) is 0 Å². The maximum absolute atomic E-state index is 13.8. The first-order chi connectivity index (χ1) is 7.78. The molecule has 1 nitrogen and oxygen atoms in total. The van der Waals surface area contributed by atoms with E-state index in [0.29, 0.717) is 12.3 Å². The summed E-state index contributed by atoms with van der Waals surface area (Å²) in [7, 11) is 0. The van der Waals surface area contributed by atoms with Crippen molar-refractivity contribution in [3.05, 3.63) is 24.2 Å². The SMILES string of the molecule is C=CCC1OC2=C(F)CCC23CCCCC13. The van der Waals surface area contributed by atoms with E-state index in [1.54, 1.807) is 0 Å². The quantitative estimate of drug-likeness (QED) is 0.639. The van der Waals surface area contributed by atoms with Gasteiger partial charge >= 0.3 is 0 Å². The smallest absolute Gasteiger partial charge is 0.138 e. The third-order valence-corrected chi connectivity index (χ3v) is 4.70. The molecule has 1 heterocycles. The zero-order valence-corrected chi connectivity index (χ0v) is 9.68. The average Bonchev–Trinajstić information content (AvgIpc) is 2.76. The zero-order chi connectivity index (χ0) is 11.2. The highest BCUT2D eigenvalue weighted by Crippen LogP contribution is 2.62. The van der Waals surface area contributed by atoms with Crippen molar-refractivity contribution >= 4 is 0 Å². The largest absolute Gasteiger partial charge is 0.491 e. The van der Waals surface area contributed by atoms with Crippen molar-refractivity contribution in [2.45, 2.75) is 51.0 Å². The van der Waals surface area contributed by atoms with Crippen molar-refractivity contribution in [2.75, 3.05) is 0 Å². The normalized spacial score (nSPS) is 41.6. The first-order valence-corrected chi connectivity index (χ1v) is 6.44. The van der Waals surface area contributed by atoms with Crippen LogP contribution >= 0.6 is 0 Å². The van der Waals surface area contributed by atoms with Gasteiger partial charge in [0.15, 0.2) is 0 Å². The Labute approximate surface area is 96.4 Å². The predicted octanol–water partition coefficient (Wildman–Crippen LogP) is 4.11. The fourth-order valence-corrected chi connectivity index (χ4v) is 4.02. The van der Waals surface area contributed by atoms with Gasteiger partial charge in [0, 0.05) is 24.2 Å². The minimum atomic E-state index is 0.0264. The number of hydrogen-bond donors (Lipinski definition) is 0. The minimum Gasteiger partial charge on any atom is -0.491 e. The second kappa shape index (κ2) is 3.61. The average molecular weight is 222 g/mol. The van der Waals surface area contributed by atoms with Gasteiger partial charge in [-0.3, -0.25) is 0 Å². The van der Waals surface area contributed by atoms with Crippen LogP contribution in [0, 0.1) is 11.3 Å². The minimum absolute atomic E-state index is 0.0264. The van der Waals surface area contributed by atoms with Crippen molar-refractivity contribution < 1.29 is 9.13 Å². The van der Waals surface area contributed by atoms with E-state index < -0.39 is 0 Å². The molecule has 3 atom stereocenters. The summed E-state index contributed by atoms with van der Waals surface area (Å²) in [5.41, 5.74) is 0.0794. The van der Waals surface area contributed by atoms with Crippen molar-refractivity contribution in [3.63, 3.8) is 0 Å². The first-order valence-electron chi connectivity index (χ1n) is 6.44. The molecular weight excluding hydrogens is 203 g/mol. The van der Waals surface area contributed by atoms with Crippen molar-refractivity contribution in [2.24, 2.45) is 11.3 Å². The fourth-order valence-electron chi connectivity index (χ4n) is 4.02. The van der Waals surface area contributed by atoms with Gasteiger partial charge in [0.25, 0.3) is 0 Å². The third-order valence-electron chi connectivity index (χ3n) is 4.70. The fraction of sp³-hybridized carbons (Fsp3) is 0.714. The molecule has 0 aromatic heterocycles. The van der Waals surface area contributed by atoms with Crippen molar-refractivity contribution in [1.29, 1.82) is 0 Å². The molecule has 1 saturated heterocycles. The lowest BCUT2D eigenvalue weighted by molar-refractivity contribution is 0.104. The number of rotatable bonds is 2. The van der Waals surface area contributed by atoms with Gasteiger partial charge in [0.05, 0.1) is 0 Å². The lowest BCUT2D eigenvalue weighted by Crippen LogP contribution is -2.33. The Morgan fingerprint density at radius 3 is 3.12 bits per heavy atom. The molecule has 1 aliphatic heterocycles. The van der Waals surface area contributed by atoms with Gasteiger partial charge in [0.1, 0.15) is 17.7 Å². The molecule has 0 radical (unpaired) electrons. The Kier molecular flexibility index (Phi) is 2.34. The highest BCUT2D eigenvalue weighted by atomic mass is 19.1.